The number of benzene rings is 2. The molecule has 0 N–H and O–H groups in total. The summed E-state index contributed by atoms with van der Waals surface area (Å²) < 4.78 is 14.3. The molecule has 2 heterocycles. The SMILES string of the molecule is CC1(F)C[C@@H](C#N)N(C(=O)CCC(=O)c2ccnc3ccc(-c4ccc5c(c4)CC(=O)C5)cc23)C1. The Hall–Kier alpha value is -3.92. The number of ketones is 2. The van der Waals surface area contributed by atoms with Gasteiger partial charge in [0.15, 0.2) is 5.78 Å². The summed E-state index contributed by atoms with van der Waals surface area (Å²) in [6.45, 7) is 1.25. The van der Waals surface area contributed by atoms with Crippen LogP contribution < -0.4 is 0 Å². The molecule has 0 radical (unpaired) electrons. The first-order chi connectivity index (χ1) is 16.7. The van der Waals surface area contributed by atoms with Crippen LogP contribution in [0.5, 0.6) is 0 Å². The Labute approximate surface area is 202 Å². The molecule has 5 rings (SSSR count). The van der Waals surface area contributed by atoms with E-state index in [-0.39, 0.29) is 37.4 Å². The number of Topliss-reactive ketones (excluding diaryl/α,β-unsaturated/α-hetero) is 2. The van der Waals surface area contributed by atoms with Crippen molar-refractivity contribution in [3.05, 3.63) is 65.4 Å². The number of nitriles is 1. The number of amides is 1. The molecule has 1 amide bonds. The van der Waals surface area contributed by atoms with E-state index in [1.165, 1.54) is 11.8 Å². The van der Waals surface area contributed by atoms with E-state index in [1.54, 1.807) is 12.3 Å². The van der Waals surface area contributed by atoms with Gasteiger partial charge in [0, 0.05) is 49.3 Å². The summed E-state index contributed by atoms with van der Waals surface area (Å²) in [7, 11) is 0. The average molecular weight is 470 g/mol. The van der Waals surface area contributed by atoms with E-state index in [0.29, 0.717) is 29.3 Å². The molecule has 1 aliphatic heterocycles. The maximum Gasteiger partial charge on any atom is 0.224 e. The van der Waals surface area contributed by atoms with Crippen molar-refractivity contribution in [2.24, 2.45) is 0 Å². The highest BCUT2D eigenvalue weighted by Gasteiger charge is 2.43. The van der Waals surface area contributed by atoms with Crippen LogP contribution in [0.1, 0.15) is 47.7 Å². The van der Waals surface area contributed by atoms with Crippen molar-refractivity contribution in [3.8, 4) is 17.2 Å². The Morgan fingerprint density at radius 1 is 1.11 bits per heavy atom. The van der Waals surface area contributed by atoms with Gasteiger partial charge in [0.25, 0.3) is 0 Å². The zero-order chi connectivity index (χ0) is 24.7. The van der Waals surface area contributed by atoms with Crippen molar-refractivity contribution in [1.29, 1.82) is 5.26 Å². The second kappa shape index (κ2) is 8.70. The third-order valence-electron chi connectivity index (χ3n) is 6.89. The van der Waals surface area contributed by atoms with Gasteiger partial charge in [-0.15, -0.1) is 0 Å². The first kappa shape index (κ1) is 22.9. The van der Waals surface area contributed by atoms with E-state index < -0.39 is 17.6 Å². The first-order valence-electron chi connectivity index (χ1n) is 11.7. The van der Waals surface area contributed by atoms with E-state index in [0.717, 1.165) is 22.3 Å². The van der Waals surface area contributed by atoms with Gasteiger partial charge < -0.3 is 4.90 Å². The quantitative estimate of drug-likeness (QED) is 0.517. The van der Waals surface area contributed by atoms with Crippen LogP contribution in [-0.2, 0) is 22.4 Å². The summed E-state index contributed by atoms with van der Waals surface area (Å²) in [6, 6.07) is 14.5. The third-order valence-corrected chi connectivity index (χ3v) is 6.89. The van der Waals surface area contributed by atoms with Crippen LogP contribution >= 0.6 is 0 Å². The fourth-order valence-electron chi connectivity index (χ4n) is 5.12. The number of hydrogen-bond acceptors (Lipinski definition) is 5. The molecule has 0 bridgehead atoms. The number of aromatic nitrogens is 1. The first-order valence-corrected chi connectivity index (χ1v) is 11.7. The molecular formula is C28H24FN3O3. The fourth-order valence-corrected chi connectivity index (χ4v) is 5.12. The van der Waals surface area contributed by atoms with E-state index >= 15 is 0 Å². The van der Waals surface area contributed by atoms with Crippen molar-refractivity contribution < 1.29 is 18.8 Å². The number of likely N-dealkylation sites (tertiary alicyclic amines) is 1. The molecule has 176 valence electrons. The lowest BCUT2D eigenvalue weighted by atomic mass is 9.96. The van der Waals surface area contributed by atoms with Gasteiger partial charge in [0.05, 0.1) is 18.1 Å². The van der Waals surface area contributed by atoms with Crippen LogP contribution in [0.25, 0.3) is 22.0 Å². The third kappa shape index (κ3) is 4.44. The highest BCUT2D eigenvalue weighted by atomic mass is 19.1. The topological polar surface area (TPSA) is 91.1 Å². The summed E-state index contributed by atoms with van der Waals surface area (Å²) >= 11 is 0. The number of alkyl halides is 1. The average Bonchev–Trinajstić information content (AvgIpc) is 3.38. The molecule has 35 heavy (non-hydrogen) atoms. The smallest absolute Gasteiger partial charge is 0.224 e. The van der Waals surface area contributed by atoms with Gasteiger partial charge in [0.1, 0.15) is 17.5 Å². The molecule has 1 saturated heterocycles. The zero-order valence-electron chi connectivity index (χ0n) is 19.4. The van der Waals surface area contributed by atoms with Crippen molar-refractivity contribution in [2.75, 3.05) is 6.54 Å². The number of pyridine rings is 1. The van der Waals surface area contributed by atoms with Gasteiger partial charge in [-0.05, 0) is 47.4 Å². The summed E-state index contributed by atoms with van der Waals surface area (Å²) in [5, 5.41) is 9.96. The molecule has 1 unspecified atom stereocenters. The van der Waals surface area contributed by atoms with Crippen LogP contribution in [0.3, 0.4) is 0 Å². The van der Waals surface area contributed by atoms with Gasteiger partial charge in [-0.25, -0.2) is 4.39 Å². The van der Waals surface area contributed by atoms with Crippen LogP contribution in [-0.4, -0.2) is 45.6 Å². The summed E-state index contributed by atoms with van der Waals surface area (Å²) in [5.41, 5.74) is 3.51. The molecule has 2 aromatic carbocycles. The largest absolute Gasteiger partial charge is 0.323 e. The highest BCUT2D eigenvalue weighted by Crippen LogP contribution is 2.32. The Morgan fingerprint density at radius 3 is 2.66 bits per heavy atom. The normalized spacial score (nSPS) is 21.2. The highest BCUT2D eigenvalue weighted by molar-refractivity contribution is 6.08. The molecule has 0 spiro atoms. The van der Waals surface area contributed by atoms with Gasteiger partial charge in [0.2, 0.25) is 5.91 Å². The maximum absolute atomic E-state index is 14.3. The minimum atomic E-state index is -1.59. The monoisotopic (exact) mass is 469 g/mol. The molecule has 1 aromatic heterocycles. The van der Waals surface area contributed by atoms with Crippen molar-refractivity contribution in [2.45, 2.75) is 50.7 Å². The molecule has 1 aliphatic carbocycles. The second-order valence-corrected chi connectivity index (χ2v) is 9.67. The molecular weight excluding hydrogens is 445 g/mol. The maximum atomic E-state index is 14.3. The summed E-state index contributed by atoms with van der Waals surface area (Å²) in [4.78, 5) is 43.2. The van der Waals surface area contributed by atoms with E-state index in [2.05, 4.69) is 4.98 Å². The number of rotatable bonds is 5. The zero-order valence-corrected chi connectivity index (χ0v) is 19.4. The van der Waals surface area contributed by atoms with Gasteiger partial charge in [-0.2, -0.15) is 5.26 Å². The van der Waals surface area contributed by atoms with Crippen LogP contribution in [0, 0.1) is 11.3 Å². The van der Waals surface area contributed by atoms with Crippen LogP contribution in [0.15, 0.2) is 48.7 Å². The van der Waals surface area contributed by atoms with E-state index in [9.17, 15) is 24.0 Å². The Balaban J connectivity index is 1.37. The van der Waals surface area contributed by atoms with Crippen molar-refractivity contribution in [3.63, 3.8) is 0 Å². The van der Waals surface area contributed by atoms with Crippen LogP contribution in [0.2, 0.25) is 0 Å². The molecule has 2 aliphatic rings. The van der Waals surface area contributed by atoms with E-state index in [1.807, 2.05) is 42.5 Å². The molecule has 7 heteroatoms. The number of carbonyl (C=O) groups is 3. The molecule has 1 fully saturated rings. The molecule has 0 saturated carbocycles. The predicted octanol–water partition coefficient (Wildman–Crippen LogP) is 4.39. The van der Waals surface area contributed by atoms with Gasteiger partial charge in [-0.1, -0.05) is 24.3 Å². The molecule has 6 nitrogen and oxygen atoms in total. The molecule has 2 atom stereocenters. The van der Waals surface area contributed by atoms with Crippen molar-refractivity contribution in [1.82, 2.24) is 9.88 Å². The van der Waals surface area contributed by atoms with Gasteiger partial charge in [-0.3, -0.25) is 19.4 Å². The van der Waals surface area contributed by atoms with Gasteiger partial charge >= 0.3 is 0 Å². The Bertz CT molecular complexity index is 1420. The number of carbonyl (C=O) groups excluding carboxylic acids is 3. The minimum absolute atomic E-state index is 0.0161. The van der Waals surface area contributed by atoms with E-state index in [4.69, 9.17) is 0 Å². The fraction of sp³-hybridized carbons (Fsp3) is 0.321. The lowest BCUT2D eigenvalue weighted by Crippen LogP contribution is -2.36. The second-order valence-electron chi connectivity index (χ2n) is 9.67. The summed E-state index contributed by atoms with van der Waals surface area (Å²) in [5.74, 6) is -0.385. The Morgan fingerprint density at radius 2 is 1.86 bits per heavy atom. The standard InChI is InChI=1S/C28H24FN3O3/c1-28(29)14-21(15-30)32(16-28)27(35)7-6-26(34)23-8-9-31-25-5-4-19(13-24(23)25)17-2-3-18-11-22(33)12-20(18)10-17/h2-5,8-10,13,21H,6-7,11-12,14,16H2,1H3/t21-,28?/m0/s1. The van der Waals surface area contributed by atoms with Crippen molar-refractivity contribution >= 4 is 28.4 Å². The van der Waals surface area contributed by atoms with Crippen LogP contribution in [0.4, 0.5) is 4.39 Å². The number of nitrogens with zero attached hydrogens (tertiary/aromatic N) is 3. The predicted molar refractivity (Wildman–Crippen MR) is 128 cm³/mol. The lowest BCUT2D eigenvalue weighted by molar-refractivity contribution is -0.131. The molecule has 3 aromatic rings. The minimum Gasteiger partial charge on any atom is -0.323 e. The lowest BCUT2D eigenvalue weighted by Gasteiger charge is -2.19. The summed E-state index contributed by atoms with van der Waals surface area (Å²) in [6.07, 6.45) is 2.35. The Kier molecular flexibility index (Phi) is 5.68. The number of halogens is 1. The number of fused-ring (bicyclic) bond motifs is 2. The number of hydrogen-bond donors (Lipinski definition) is 0.